The summed E-state index contributed by atoms with van der Waals surface area (Å²) in [5.41, 5.74) is 5.10. The van der Waals surface area contributed by atoms with E-state index in [1.165, 1.54) is 18.4 Å². The van der Waals surface area contributed by atoms with Crippen molar-refractivity contribution >= 4 is 28.6 Å². The van der Waals surface area contributed by atoms with Gasteiger partial charge in [-0.3, -0.25) is 4.79 Å². The van der Waals surface area contributed by atoms with Crippen molar-refractivity contribution < 1.29 is 14.6 Å². The van der Waals surface area contributed by atoms with Gasteiger partial charge in [0, 0.05) is 24.2 Å². The molecular formula is C27H35N3O3. The average Bonchev–Trinajstić information content (AvgIpc) is 3.13. The maximum atomic E-state index is 11.1. The van der Waals surface area contributed by atoms with Crippen LogP contribution in [0.25, 0.3) is 11.0 Å². The van der Waals surface area contributed by atoms with E-state index in [1.807, 2.05) is 12.1 Å². The molecule has 0 aliphatic heterocycles. The number of carboxylic acids is 1. The fraction of sp³-hybridized carbons (Fsp3) is 0.481. The number of aryl methyl sites for hydroxylation is 1. The van der Waals surface area contributed by atoms with Gasteiger partial charge in [0.25, 0.3) is 0 Å². The number of hydrogen-bond donors (Lipinski definition) is 2. The van der Waals surface area contributed by atoms with Gasteiger partial charge < -0.3 is 19.7 Å². The van der Waals surface area contributed by atoms with Gasteiger partial charge >= 0.3 is 5.97 Å². The molecule has 176 valence electrons. The number of ether oxygens (including phenoxy) is 1. The fourth-order valence-corrected chi connectivity index (χ4v) is 4.97. The summed E-state index contributed by atoms with van der Waals surface area (Å²) >= 11 is 0. The molecule has 1 saturated carbocycles. The minimum absolute atomic E-state index is 0.0655. The minimum Gasteiger partial charge on any atom is -0.496 e. The van der Waals surface area contributed by atoms with Crippen molar-refractivity contribution in [1.82, 2.24) is 9.55 Å². The van der Waals surface area contributed by atoms with E-state index >= 15 is 0 Å². The molecule has 2 aromatic carbocycles. The van der Waals surface area contributed by atoms with Crippen LogP contribution < -0.4 is 10.1 Å². The van der Waals surface area contributed by atoms with Crippen LogP contribution in [0.1, 0.15) is 76.0 Å². The van der Waals surface area contributed by atoms with Crippen LogP contribution in [0, 0.1) is 5.92 Å². The lowest BCUT2D eigenvalue weighted by atomic mass is 9.87. The van der Waals surface area contributed by atoms with E-state index in [-0.39, 0.29) is 6.42 Å². The number of imidazole rings is 1. The lowest BCUT2D eigenvalue weighted by Crippen LogP contribution is -2.19. The molecule has 4 rings (SSSR count). The first-order chi connectivity index (χ1) is 15.9. The molecule has 33 heavy (non-hydrogen) atoms. The maximum Gasteiger partial charge on any atom is 0.303 e. The topological polar surface area (TPSA) is 76.4 Å². The predicted molar refractivity (Wildman–Crippen MR) is 133 cm³/mol. The molecule has 1 heterocycles. The van der Waals surface area contributed by atoms with Gasteiger partial charge in [0.05, 0.1) is 18.1 Å². The third-order valence-electron chi connectivity index (χ3n) is 6.81. The van der Waals surface area contributed by atoms with Crippen LogP contribution in [0.3, 0.4) is 0 Å². The number of hydrogen-bond acceptors (Lipinski definition) is 4. The van der Waals surface area contributed by atoms with E-state index in [4.69, 9.17) is 14.8 Å². The highest BCUT2D eigenvalue weighted by Crippen LogP contribution is 2.39. The first-order valence-corrected chi connectivity index (χ1v) is 12.0. The van der Waals surface area contributed by atoms with Crippen LogP contribution >= 0.6 is 0 Å². The van der Waals surface area contributed by atoms with E-state index in [0.29, 0.717) is 24.3 Å². The van der Waals surface area contributed by atoms with Crippen LogP contribution in [0.2, 0.25) is 0 Å². The van der Waals surface area contributed by atoms with Crippen molar-refractivity contribution in [1.29, 1.82) is 0 Å². The zero-order valence-electron chi connectivity index (χ0n) is 20.1. The first-order valence-electron chi connectivity index (χ1n) is 12.0. The van der Waals surface area contributed by atoms with Crippen molar-refractivity contribution in [3.63, 3.8) is 0 Å². The Balaban J connectivity index is 1.77. The SMILES string of the molecule is COc1cc2c(cc1CCC(=O)O)nc(Nc1ccc(C(C)C)cc1)n2C1CCCC(C)C1. The monoisotopic (exact) mass is 449 g/mol. The Morgan fingerprint density at radius 3 is 2.64 bits per heavy atom. The van der Waals surface area contributed by atoms with Crippen molar-refractivity contribution in [2.24, 2.45) is 5.92 Å². The zero-order chi connectivity index (χ0) is 23.5. The number of fused-ring (bicyclic) bond motifs is 1. The smallest absolute Gasteiger partial charge is 0.303 e. The van der Waals surface area contributed by atoms with E-state index in [0.717, 1.165) is 46.8 Å². The molecule has 2 atom stereocenters. The van der Waals surface area contributed by atoms with Crippen molar-refractivity contribution in [2.45, 2.75) is 71.3 Å². The van der Waals surface area contributed by atoms with Crippen LogP contribution in [0.5, 0.6) is 5.75 Å². The highest BCUT2D eigenvalue weighted by Gasteiger charge is 2.26. The lowest BCUT2D eigenvalue weighted by Gasteiger charge is -2.29. The number of nitrogens with one attached hydrogen (secondary N) is 1. The lowest BCUT2D eigenvalue weighted by molar-refractivity contribution is -0.136. The number of aliphatic carboxylic acids is 1. The Hall–Kier alpha value is -3.02. The second kappa shape index (κ2) is 9.86. The van der Waals surface area contributed by atoms with Crippen molar-refractivity contribution in [3.05, 3.63) is 47.5 Å². The first kappa shape index (κ1) is 23.1. The van der Waals surface area contributed by atoms with Crippen LogP contribution in [-0.2, 0) is 11.2 Å². The van der Waals surface area contributed by atoms with Gasteiger partial charge in [0.15, 0.2) is 0 Å². The van der Waals surface area contributed by atoms with Crippen molar-refractivity contribution in [2.75, 3.05) is 12.4 Å². The van der Waals surface area contributed by atoms with Gasteiger partial charge in [0.1, 0.15) is 5.75 Å². The maximum absolute atomic E-state index is 11.1. The molecule has 1 fully saturated rings. The van der Waals surface area contributed by atoms with Crippen LogP contribution in [-0.4, -0.2) is 27.7 Å². The second-order valence-electron chi connectivity index (χ2n) is 9.68. The summed E-state index contributed by atoms with van der Waals surface area (Å²) in [5.74, 6) is 1.91. The van der Waals surface area contributed by atoms with Crippen molar-refractivity contribution in [3.8, 4) is 5.75 Å². The Morgan fingerprint density at radius 2 is 2.00 bits per heavy atom. The van der Waals surface area contributed by atoms with Gasteiger partial charge in [-0.25, -0.2) is 4.98 Å². The molecule has 3 aromatic rings. The summed E-state index contributed by atoms with van der Waals surface area (Å²) in [6.45, 7) is 6.72. The fourth-order valence-electron chi connectivity index (χ4n) is 4.97. The quantitative estimate of drug-likeness (QED) is 0.401. The van der Waals surface area contributed by atoms with Gasteiger partial charge in [0.2, 0.25) is 5.95 Å². The molecule has 0 amide bonds. The molecule has 0 saturated heterocycles. The van der Waals surface area contributed by atoms with Gasteiger partial charge in [-0.1, -0.05) is 45.7 Å². The Kier molecular flexibility index (Phi) is 6.91. The predicted octanol–water partition coefficient (Wildman–Crippen LogP) is 6.68. The molecule has 6 nitrogen and oxygen atoms in total. The molecule has 0 radical (unpaired) electrons. The zero-order valence-corrected chi connectivity index (χ0v) is 20.1. The normalized spacial score (nSPS) is 18.6. The summed E-state index contributed by atoms with van der Waals surface area (Å²) in [5, 5.41) is 12.7. The average molecular weight is 450 g/mol. The number of methoxy groups -OCH3 is 1. The van der Waals surface area contributed by atoms with E-state index in [2.05, 4.69) is 54.9 Å². The summed E-state index contributed by atoms with van der Waals surface area (Å²) in [6.07, 6.45) is 5.21. The molecular weight excluding hydrogens is 414 g/mol. The molecule has 2 N–H and O–H groups in total. The third-order valence-corrected chi connectivity index (χ3v) is 6.81. The highest BCUT2D eigenvalue weighted by molar-refractivity contribution is 5.83. The number of rotatable bonds is 8. The summed E-state index contributed by atoms with van der Waals surface area (Å²) in [4.78, 5) is 16.1. The summed E-state index contributed by atoms with van der Waals surface area (Å²) in [6, 6.07) is 12.9. The molecule has 6 heteroatoms. The molecule has 0 spiro atoms. The molecule has 2 unspecified atom stereocenters. The van der Waals surface area contributed by atoms with E-state index < -0.39 is 5.97 Å². The largest absolute Gasteiger partial charge is 0.496 e. The Labute approximate surface area is 196 Å². The number of benzene rings is 2. The van der Waals surface area contributed by atoms with E-state index in [9.17, 15) is 4.79 Å². The Bertz CT molecular complexity index is 1120. The Morgan fingerprint density at radius 1 is 1.24 bits per heavy atom. The summed E-state index contributed by atoms with van der Waals surface area (Å²) < 4.78 is 8.00. The molecule has 1 aliphatic rings. The van der Waals surface area contributed by atoms with Gasteiger partial charge in [-0.05, 0) is 60.4 Å². The third kappa shape index (κ3) is 5.15. The van der Waals surface area contributed by atoms with Crippen LogP contribution in [0.15, 0.2) is 36.4 Å². The minimum atomic E-state index is -0.814. The number of aromatic nitrogens is 2. The molecule has 1 aromatic heterocycles. The number of carbonyl (C=O) groups is 1. The van der Waals surface area contributed by atoms with E-state index in [1.54, 1.807) is 7.11 Å². The number of nitrogens with zero attached hydrogens (tertiary/aromatic N) is 2. The molecule has 1 aliphatic carbocycles. The van der Waals surface area contributed by atoms with Crippen LogP contribution in [0.4, 0.5) is 11.6 Å². The standard InChI is InChI=1S/C27H35N3O3/c1-17(2)19-8-11-21(12-9-19)28-27-29-23-15-20(10-13-26(31)32)25(33-4)16-24(23)30(27)22-7-5-6-18(3)14-22/h8-9,11-12,15-18,22H,5-7,10,13-14H2,1-4H3,(H,28,29)(H,31,32). The van der Waals surface area contributed by atoms with Gasteiger partial charge in [-0.2, -0.15) is 0 Å². The second-order valence-corrected chi connectivity index (χ2v) is 9.68. The molecule has 0 bridgehead atoms. The number of anilines is 2. The van der Waals surface area contributed by atoms with Gasteiger partial charge in [-0.15, -0.1) is 0 Å². The summed E-state index contributed by atoms with van der Waals surface area (Å²) in [7, 11) is 1.64. The number of carboxylic acid groups (broad SMARTS) is 1. The highest BCUT2D eigenvalue weighted by atomic mass is 16.5.